The number of nitrogens with one attached hydrogen (secondary N) is 2. The van der Waals surface area contributed by atoms with Crippen LogP contribution in [0.15, 0.2) is 30.6 Å². The van der Waals surface area contributed by atoms with E-state index in [1.807, 2.05) is 0 Å². The number of hydrogen-bond acceptors (Lipinski definition) is 3. The molecule has 1 aromatic carbocycles. The number of anilines is 1. The van der Waals surface area contributed by atoms with E-state index in [2.05, 4.69) is 20.5 Å². The predicted octanol–water partition coefficient (Wildman–Crippen LogP) is 3.83. The zero-order valence-corrected chi connectivity index (χ0v) is 12.5. The summed E-state index contributed by atoms with van der Waals surface area (Å²) < 4.78 is 0. The number of benzene rings is 1. The minimum absolute atomic E-state index is 0.269. The average Bonchev–Trinajstić information content (AvgIpc) is 2.94. The van der Waals surface area contributed by atoms with Crippen LogP contribution in [0, 0.1) is 6.92 Å². The van der Waals surface area contributed by atoms with E-state index < -0.39 is 0 Å². The van der Waals surface area contributed by atoms with Gasteiger partial charge in [-0.25, -0.2) is 0 Å². The number of rotatable bonds is 2. The Kier molecular flexibility index (Phi) is 3.53. The fourth-order valence-corrected chi connectivity index (χ4v) is 2.41. The summed E-state index contributed by atoms with van der Waals surface area (Å²) in [4.78, 5) is 16.4. The number of nitrogens with zero attached hydrogens (tertiary/aromatic N) is 2. The van der Waals surface area contributed by atoms with Gasteiger partial charge < -0.3 is 5.32 Å². The Morgan fingerprint density at radius 3 is 2.90 bits per heavy atom. The van der Waals surface area contributed by atoms with Crippen LogP contribution in [-0.4, -0.2) is 21.1 Å². The molecule has 0 aliphatic heterocycles. The molecule has 1 amide bonds. The number of carbonyl (C=O) groups excluding carboxylic acids is 1. The minimum atomic E-state index is -0.361. The van der Waals surface area contributed by atoms with Crippen LogP contribution in [0.2, 0.25) is 10.0 Å². The van der Waals surface area contributed by atoms with Crippen molar-refractivity contribution in [2.24, 2.45) is 0 Å². The van der Waals surface area contributed by atoms with Crippen LogP contribution in [-0.2, 0) is 0 Å². The summed E-state index contributed by atoms with van der Waals surface area (Å²) in [5.41, 5.74) is 2.19. The molecular formula is C14H10Cl2N4O. The zero-order valence-electron chi connectivity index (χ0n) is 10.9. The monoisotopic (exact) mass is 320 g/mol. The highest BCUT2D eigenvalue weighted by Crippen LogP contribution is 2.30. The van der Waals surface area contributed by atoms with Crippen molar-refractivity contribution in [3.8, 4) is 0 Å². The van der Waals surface area contributed by atoms with E-state index in [1.165, 1.54) is 6.20 Å². The highest BCUT2D eigenvalue weighted by Gasteiger charge is 2.15. The molecule has 0 radical (unpaired) electrons. The number of fused-ring (bicyclic) bond motifs is 1. The molecule has 0 fully saturated rings. The quantitative estimate of drug-likeness (QED) is 0.753. The van der Waals surface area contributed by atoms with Crippen LogP contribution in [0.4, 0.5) is 5.69 Å². The first-order chi connectivity index (χ1) is 10.1. The maximum Gasteiger partial charge on any atom is 0.274 e. The highest BCUT2D eigenvalue weighted by atomic mass is 35.5. The average molecular weight is 321 g/mol. The Morgan fingerprint density at radius 2 is 2.10 bits per heavy atom. The number of pyridine rings is 1. The minimum Gasteiger partial charge on any atom is -0.319 e. The number of amides is 1. The van der Waals surface area contributed by atoms with Gasteiger partial charge in [0.15, 0.2) is 0 Å². The molecule has 5 nitrogen and oxygen atoms in total. The molecule has 2 heterocycles. The van der Waals surface area contributed by atoms with Gasteiger partial charge in [-0.1, -0.05) is 23.2 Å². The molecule has 7 heteroatoms. The number of hydrogen-bond donors (Lipinski definition) is 2. The standard InChI is InChI=1S/C14H10Cl2N4O/c1-7-9(15)4-5-17-13(7)14(21)19-11-3-2-10-8(12(11)16)6-18-20-10/h2-6H,1H3,(H,18,20)(H,19,21). The van der Waals surface area contributed by atoms with Gasteiger partial charge in [0, 0.05) is 16.6 Å². The first-order valence-corrected chi connectivity index (χ1v) is 6.87. The lowest BCUT2D eigenvalue weighted by molar-refractivity contribution is 0.102. The number of aromatic amines is 1. The van der Waals surface area contributed by atoms with E-state index in [0.29, 0.717) is 21.3 Å². The molecule has 0 spiro atoms. The van der Waals surface area contributed by atoms with Crippen LogP contribution in [0.1, 0.15) is 16.1 Å². The summed E-state index contributed by atoms with van der Waals surface area (Å²) in [7, 11) is 0. The van der Waals surface area contributed by atoms with Gasteiger partial charge in [0.05, 0.1) is 22.4 Å². The molecule has 0 bridgehead atoms. The van der Waals surface area contributed by atoms with Crippen molar-refractivity contribution in [1.82, 2.24) is 15.2 Å². The highest BCUT2D eigenvalue weighted by molar-refractivity contribution is 6.38. The van der Waals surface area contributed by atoms with Crippen LogP contribution >= 0.6 is 23.2 Å². The lowest BCUT2D eigenvalue weighted by atomic mass is 10.2. The van der Waals surface area contributed by atoms with Crippen LogP contribution in [0.5, 0.6) is 0 Å². The van der Waals surface area contributed by atoms with Crippen molar-refractivity contribution >= 4 is 45.7 Å². The first-order valence-electron chi connectivity index (χ1n) is 6.12. The van der Waals surface area contributed by atoms with Gasteiger partial charge in [-0.2, -0.15) is 5.10 Å². The Bertz CT molecular complexity index is 844. The van der Waals surface area contributed by atoms with Gasteiger partial charge >= 0.3 is 0 Å². The molecule has 21 heavy (non-hydrogen) atoms. The van der Waals surface area contributed by atoms with Crippen molar-refractivity contribution in [3.63, 3.8) is 0 Å². The predicted molar refractivity (Wildman–Crippen MR) is 83.0 cm³/mol. The van der Waals surface area contributed by atoms with E-state index in [-0.39, 0.29) is 11.6 Å². The van der Waals surface area contributed by atoms with Crippen molar-refractivity contribution in [3.05, 3.63) is 51.9 Å². The summed E-state index contributed by atoms with van der Waals surface area (Å²) in [6.07, 6.45) is 3.10. The fourth-order valence-electron chi connectivity index (χ4n) is 2.00. The third kappa shape index (κ3) is 2.46. The van der Waals surface area contributed by atoms with Crippen molar-refractivity contribution in [2.75, 3.05) is 5.32 Å². The summed E-state index contributed by atoms with van der Waals surface area (Å²) in [6, 6.07) is 5.14. The smallest absolute Gasteiger partial charge is 0.274 e. The van der Waals surface area contributed by atoms with Gasteiger partial charge in [-0.05, 0) is 30.7 Å². The van der Waals surface area contributed by atoms with Crippen LogP contribution in [0.25, 0.3) is 10.9 Å². The molecule has 2 N–H and O–H groups in total. The zero-order chi connectivity index (χ0) is 15.0. The number of aromatic nitrogens is 3. The molecule has 0 saturated heterocycles. The van der Waals surface area contributed by atoms with Gasteiger partial charge in [0.25, 0.3) is 5.91 Å². The Labute approximate surface area is 130 Å². The lowest BCUT2D eigenvalue weighted by Gasteiger charge is -2.09. The topological polar surface area (TPSA) is 70.7 Å². The number of halogens is 2. The second-order valence-corrected chi connectivity index (χ2v) is 5.26. The third-order valence-corrected chi connectivity index (χ3v) is 3.98. The third-order valence-electron chi connectivity index (χ3n) is 3.16. The van der Waals surface area contributed by atoms with E-state index in [0.717, 1.165) is 10.9 Å². The van der Waals surface area contributed by atoms with Crippen LogP contribution in [0.3, 0.4) is 0 Å². The van der Waals surface area contributed by atoms with E-state index in [4.69, 9.17) is 23.2 Å². The Balaban J connectivity index is 1.96. The van der Waals surface area contributed by atoms with Gasteiger partial charge in [-0.15, -0.1) is 0 Å². The molecule has 3 rings (SSSR count). The second-order valence-electron chi connectivity index (χ2n) is 4.48. The second kappa shape index (κ2) is 5.35. The van der Waals surface area contributed by atoms with E-state index >= 15 is 0 Å². The van der Waals surface area contributed by atoms with Gasteiger partial charge in [0.2, 0.25) is 0 Å². The van der Waals surface area contributed by atoms with Gasteiger partial charge in [-0.3, -0.25) is 14.9 Å². The molecule has 0 atom stereocenters. The molecule has 2 aromatic heterocycles. The van der Waals surface area contributed by atoms with Crippen LogP contribution < -0.4 is 5.32 Å². The molecule has 0 aliphatic carbocycles. The number of H-pyrrole nitrogens is 1. The summed E-state index contributed by atoms with van der Waals surface area (Å²) >= 11 is 12.3. The maximum absolute atomic E-state index is 12.3. The first kappa shape index (κ1) is 13.9. The molecule has 106 valence electrons. The normalized spacial score (nSPS) is 10.8. The van der Waals surface area contributed by atoms with E-state index in [9.17, 15) is 4.79 Å². The summed E-state index contributed by atoms with van der Waals surface area (Å²) in [5, 5.41) is 11.1. The molecule has 0 unspecified atom stereocenters. The van der Waals surface area contributed by atoms with Crippen molar-refractivity contribution < 1.29 is 4.79 Å². The van der Waals surface area contributed by atoms with Gasteiger partial charge in [0.1, 0.15) is 5.69 Å². The molecule has 0 aliphatic rings. The SMILES string of the molecule is Cc1c(Cl)ccnc1C(=O)Nc1ccc2[nH]ncc2c1Cl. The molecule has 0 saturated carbocycles. The maximum atomic E-state index is 12.3. The molecular weight excluding hydrogens is 311 g/mol. The Morgan fingerprint density at radius 1 is 1.29 bits per heavy atom. The van der Waals surface area contributed by atoms with E-state index in [1.54, 1.807) is 31.3 Å². The van der Waals surface area contributed by atoms with Crippen molar-refractivity contribution in [2.45, 2.75) is 6.92 Å². The Hall–Kier alpha value is -2.11. The number of carbonyl (C=O) groups is 1. The summed E-state index contributed by atoms with van der Waals surface area (Å²) in [5.74, 6) is -0.361. The van der Waals surface area contributed by atoms with Crippen molar-refractivity contribution in [1.29, 1.82) is 0 Å². The lowest BCUT2D eigenvalue weighted by Crippen LogP contribution is -2.15. The fraction of sp³-hybridized carbons (Fsp3) is 0.0714. The summed E-state index contributed by atoms with van der Waals surface area (Å²) in [6.45, 7) is 1.74. The molecule has 3 aromatic rings. The largest absolute Gasteiger partial charge is 0.319 e.